The number of aromatic nitrogens is 4. The number of benzene rings is 3. The second-order valence-corrected chi connectivity index (χ2v) is 9.41. The van der Waals surface area contributed by atoms with Crippen LogP contribution in [0, 0.1) is 6.92 Å². The van der Waals surface area contributed by atoms with Crippen molar-refractivity contribution in [3.63, 3.8) is 0 Å². The Hall–Kier alpha value is -4.97. The van der Waals surface area contributed by atoms with Crippen LogP contribution in [-0.2, 0) is 18.4 Å². The first kappa shape index (κ1) is 30.0. The number of carboxylic acids is 1. The SMILES string of the molecule is Cc1cccc2[nH]c(-c3ccc(-c4ccc(CNCCNC(=O)c5ccnn5C)cc4)cc3)nc12.O=C(O)C(F)(F)F. The molecule has 0 aliphatic heterocycles. The number of nitrogens with zero attached hydrogens (tertiary/aromatic N) is 3. The molecule has 0 unspecified atom stereocenters. The predicted molar refractivity (Wildman–Crippen MR) is 153 cm³/mol. The van der Waals surface area contributed by atoms with Gasteiger partial charge in [0, 0.05) is 38.4 Å². The number of rotatable bonds is 8. The molecule has 3 aromatic carbocycles. The van der Waals surface area contributed by atoms with Crippen LogP contribution in [-0.4, -0.2) is 56.0 Å². The Morgan fingerprint density at radius 2 is 1.55 bits per heavy atom. The molecular formula is C30H29F3N6O3. The van der Waals surface area contributed by atoms with Gasteiger partial charge in [0.15, 0.2) is 0 Å². The van der Waals surface area contributed by atoms with E-state index in [9.17, 15) is 18.0 Å². The molecule has 0 fully saturated rings. The van der Waals surface area contributed by atoms with Crippen molar-refractivity contribution in [3.8, 4) is 22.5 Å². The molecule has 2 aromatic heterocycles. The maximum atomic E-state index is 12.1. The molecule has 0 aliphatic rings. The first-order valence-electron chi connectivity index (χ1n) is 12.9. The van der Waals surface area contributed by atoms with E-state index in [2.05, 4.69) is 88.3 Å². The maximum absolute atomic E-state index is 12.1. The normalized spacial score (nSPS) is 11.2. The standard InChI is InChI=1S/C28H28N6O.C2HF3O2/c1-19-4-3-5-24-26(19)33-27(32-24)23-12-10-22(11-13-23)21-8-6-20(7-9-21)18-29-16-17-30-28(35)25-14-15-31-34(25)2;3-2(4,5)1(6)7/h3-15,29H,16-18H2,1-2H3,(H,30,35)(H,32,33);(H,6,7). The summed E-state index contributed by atoms with van der Waals surface area (Å²) in [6, 6.07) is 24.9. The summed E-state index contributed by atoms with van der Waals surface area (Å²) < 4.78 is 33.3. The highest BCUT2D eigenvalue weighted by Gasteiger charge is 2.38. The summed E-state index contributed by atoms with van der Waals surface area (Å²) in [6.07, 6.45) is -3.47. The first-order chi connectivity index (χ1) is 20.0. The number of imidazole rings is 1. The third-order valence-corrected chi connectivity index (χ3v) is 6.37. The van der Waals surface area contributed by atoms with Crippen molar-refractivity contribution in [2.75, 3.05) is 13.1 Å². The van der Waals surface area contributed by atoms with Gasteiger partial charge in [0.25, 0.3) is 5.91 Å². The average Bonchev–Trinajstić information content (AvgIpc) is 3.60. The van der Waals surface area contributed by atoms with Gasteiger partial charge in [-0.15, -0.1) is 0 Å². The van der Waals surface area contributed by atoms with Crippen LogP contribution in [0.15, 0.2) is 79.0 Å². The highest BCUT2D eigenvalue weighted by atomic mass is 19.4. The van der Waals surface area contributed by atoms with Crippen molar-refractivity contribution in [1.29, 1.82) is 0 Å². The maximum Gasteiger partial charge on any atom is 0.490 e. The number of halogens is 3. The fourth-order valence-corrected chi connectivity index (χ4v) is 4.13. The number of fused-ring (bicyclic) bond motifs is 1. The van der Waals surface area contributed by atoms with Crippen LogP contribution < -0.4 is 10.6 Å². The minimum atomic E-state index is -5.08. The van der Waals surface area contributed by atoms with E-state index in [0.717, 1.165) is 29.0 Å². The van der Waals surface area contributed by atoms with E-state index in [1.165, 1.54) is 22.3 Å². The van der Waals surface area contributed by atoms with Crippen LogP contribution in [0.3, 0.4) is 0 Å². The molecule has 0 saturated carbocycles. The van der Waals surface area contributed by atoms with E-state index >= 15 is 0 Å². The van der Waals surface area contributed by atoms with E-state index in [-0.39, 0.29) is 5.91 Å². The second kappa shape index (κ2) is 13.1. The molecule has 9 nitrogen and oxygen atoms in total. The van der Waals surface area contributed by atoms with Gasteiger partial charge in [-0.25, -0.2) is 9.78 Å². The fraction of sp³-hybridized carbons (Fsp3) is 0.200. The third-order valence-electron chi connectivity index (χ3n) is 6.37. The van der Waals surface area contributed by atoms with Crippen LogP contribution in [0.1, 0.15) is 21.6 Å². The number of alkyl halides is 3. The van der Waals surface area contributed by atoms with Gasteiger partial charge in [0.2, 0.25) is 0 Å². The van der Waals surface area contributed by atoms with Crippen LogP contribution in [0.25, 0.3) is 33.5 Å². The molecule has 0 radical (unpaired) electrons. The minimum absolute atomic E-state index is 0.113. The Bertz CT molecular complexity index is 1660. The smallest absolute Gasteiger partial charge is 0.475 e. The lowest BCUT2D eigenvalue weighted by Crippen LogP contribution is -2.32. The summed E-state index contributed by atoms with van der Waals surface area (Å²) in [5.41, 5.74) is 8.41. The van der Waals surface area contributed by atoms with Gasteiger partial charge in [-0.2, -0.15) is 18.3 Å². The van der Waals surface area contributed by atoms with Crippen LogP contribution in [0.4, 0.5) is 13.2 Å². The number of aromatic amines is 1. The van der Waals surface area contributed by atoms with Gasteiger partial charge in [0.05, 0.1) is 11.0 Å². The number of H-pyrrole nitrogens is 1. The summed E-state index contributed by atoms with van der Waals surface area (Å²) in [7, 11) is 1.76. The summed E-state index contributed by atoms with van der Waals surface area (Å²) in [6.45, 7) is 4.07. The molecule has 12 heteroatoms. The Labute approximate surface area is 239 Å². The topological polar surface area (TPSA) is 125 Å². The number of hydrogen-bond acceptors (Lipinski definition) is 5. The number of nitrogens with one attached hydrogen (secondary N) is 3. The summed E-state index contributed by atoms with van der Waals surface area (Å²) in [5.74, 6) is -1.98. The molecule has 42 heavy (non-hydrogen) atoms. The Morgan fingerprint density at radius 3 is 2.12 bits per heavy atom. The second-order valence-electron chi connectivity index (χ2n) is 9.41. The zero-order chi connectivity index (χ0) is 30.3. The molecule has 0 aliphatic carbocycles. The molecule has 5 rings (SSSR count). The molecule has 0 spiro atoms. The van der Waals surface area contributed by atoms with Crippen LogP contribution >= 0.6 is 0 Å². The molecular weight excluding hydrogens is 549 g/mol. The van der Waals surface area contributed by atoms with Gasteiger partial charge in [0.1, 0.15) is 11.5 Å². The molecule has 0 atom stereocenters. The van der Waals surface area contributed by atoms with Crippen molar-refractivity contribution in [2.45, 2.75) is 19.6 Å². The molecule has 0 saturated heterocycles. The number of amides is 1. The Morgan fingerprint density at radius 1 is 0.929 bits per heavy atom. The van der Waals surface area contributed by atoms with Crippen LogP contribution in [0.2, 0.25) is 0 Å². The molecule has 4 N–H and O–H groups in total. The number of carbonyl (C=O) groups is 2. The van der Waals surface area contributed by atoms with Crippen molar-refractivity contribution in [3.05, 3.63) is 95.8 Å². The third kappa shape index (κ3) is 7.61. The van der Waals surface area contributed by atoms with Crippen molar-refractivity contribution in [2.24, 2.45) is 7.05 Å². The zero-order valence-electron chi connectivity index (χ0n) is 22.9. The van der Waals surface area contributed by atoms with Gasteiger partial charge in [-0.05, 0) is 41.3 Å². The zero-order valence-corrected chi connectivity index (χ0v) is 22.9. The number of hydrogen-bond donors (Lipinski definition) is 4. The van der Waals surface area contributed by atoms with E-state index in [1.807, 2.05) is 6.07 Å². The largest absolute Gasteiger partial charge is 0.490 e. The van der Waals surface area contributed by atoms with E-state index in [1.54, 1.807) is 24.0 Å². The predicted octanol–water partition coefficient (Wildman–Crippen LogP) is 5.09. The molecule has 1 amide bonds. The van der Waals surface area contributed by atoms with Gasteiger partial charge < -0.3 is 20.7 Å². The van der Waals surface area contributed by atoms with E-state index < -0.39 is 12.1 Å². The molecule has 2 heterocycles. The van der Waals surface area contributed by atoms with Crippen molar-refractivity contribution >= 4 is 22.9 Å². The lowest BCUT2D eigenvalue weighted by Gasteiger charge is -2.08. The highest BCUT2D eigenvalue weighted by molar-refractivity contribution is 5.92. The number of aliphatic carboxylic acids is 1. The Balaban J connectivity index is 0.000000517. The molecule has 218 valence electrons. The number of aryl methyl sites for hydroxylation is 2. The van der Waals surface area contributed by atoms with Crippen molar-refractivity contribution in [1.82, 2.24) is 30.4 Å². The number of carboxylic acid groups (broad SMARTS) is 1. The summed E-state index contributed by atoms with van der Waals surface area (Å²) >= 11 is 0. The fourth-order valence-electron chi connectivity index (χ4n) is 4.13. The molecule has 0 bridgehead atoms. The number of carbonyl (C=O) groups excluding carboxylic acids is 1. The quantitative estimate of drug-likeness (QED) is 0.190. The van der Waals surface area contributed by atoms with Gasteiger partial charge >= 0.3 is 12.1 Å². The average molecular weight is 579 g/mol. The first-order valence-corrected chi connectivity index (χ1v) is 12.9. The van der Waals surface area contributed by atoms with Crippen LogP contribution in [0.5, 0.6) is 0 Å². The summed E-state index contributed by atoms with van der Waals surface area (Å²) in [4.78, 5) is 29.2. The van der Waals surface area contributed by atoms with Gasteiger partial charge in [-0.1, -0.05) is 60.7 Å². The highest BCUT2D eigenvalue weighted by Crippen LogP contribution is 2.26. The minimum Gasteiger partial charge on any atom is -0.475 e. The van der Waals surface area contributed by atoms with E-state index in [4.69, 9.17) is 14.9 Å². The summed E-state index contributed by atoms with van der Waals surface area (Å²) in [5, 5.41) is 17.4. The molecule has 5 aromatic rings. The monoisotopic (exact) mass is 578 g/mol. The Kier molecular flexibility index (Phi) is 9.38. The van der Waals surface area contributed by atoms with E-state index in [0.29, 0.717) is 18.8 Å². The lowest BCUT2D eigenvalue weighted by molar-refractivity contribution is -0.192. The van der Waals surface area contributed by atoms with Crippen molar-refractivity contribution < 1.29 is 27.9 Å². The number of para-hydroxylation sites is 1. The lowest BCUT2D eigenvalue weighted by atomic mass is 10.0. The van der Waals surface area contributed by atoms with Gasteiger partial charge in [-0.3, -0.25) is 9.48 Å².